The molecule has 14 unspecified atom stereocenters. The number of aryl methyl sites for hydroxylation is 3. The molecule has 7 aromatic rings. The molecular formula is C121H169F14NO3. The first kappa shape index (κ1) is 117. The molecule has 0 bridgehead atoms. The molecule has 139 heavy (non-hydrogen) atoms. The average Bonchev–Trinajstić information content (AvgIpc) is 0.827. The molecule has 7 fully saturated rings. The fraction of sp³-hybridized carbons (Fsp3) is 0.645. The molecule has 18 heteroatoms. The largest absolute Gasteiger partial charge is 0.497 e. The summed E-state index contributed by atoms with van der Waals surface area (Å²) in [6.45, 7) is 26.1. The van der Waals surface area contributed by atoms with Gasteiger partial charge in [-0.2, -0.15) is 5.26 Å². The maximum atomic E-state index is 14.4. The summed E-state index contributed by atoms with van der Waals surface area (Å²) in [5.41, 5.74) is 9.62. The minimum Gasteiger partial charge on any atom is -0.497 e. The van der Waals surface area contributed by atoms with Crippen molar-refractivity contribution in [3.63, 3.8) is 0 Å². The van der Waals surface area contributed by atoms with Crippen molar-refractivity contribution in [2.24, 2.45) is 41.4 Å². The van der Waals surface area contributed by atoms with Crippen molar-refractivity contribution in [1.82, 2.24) is 0 Å². The van der Waals surface area contributed by atoms with E-state index in [-0.39, 0.29) is 86.4 Å². The second-order valence-corrected chi connectivity index (χ2v) is 41.6. The van der Waals surface area contributed by atoms with Crippen LogP contribution in [0.4, 0.5) is 61.5 Å². The highest BCUT2D eigenvalue weighted by atomic mass is 19.3. The lowest BCUT2D eigenvalue weighted by molar-refractivity contribution is -0.0741. The third-order valence-corrected chi connectivity index (χ3v) is 30.6. The SMILES string of the molecule is CCCC1CCC(c2ccc(C#N)cc2)C(F)(F)C1.CCCC1CCC(c2ccc(CC)cc2)C(F)(F)C1.CCCC1CCC(c2ccc(OC)cc2)C(F)(F)C1.CCCC1CCC(c2ccc(OCC)cc2)C(F)(F)C1.CCCCc1ccc(C2CCC(CCC)CC2(F)F)cc1.CCCOc1ccc(C2CCC(CCC)CC2(F)F)cc1.CCCc1ccc(C2CCC(CCC)CC2(F)F)cc1. The van der Waals surface area contributed by atoms with E-state index in [2.05, 4.69) is 62.3 Å². The van der Waals surface area contributed by atoms with Crippen LogP contribution >= 0.6 is 0 Å². The molecule has 7 saturated carbocycles. The second kappa shape index (κ2) is 57.8. The van der Waals surface area contributed by atoms with E-state index in [1.54, 1.807) is 79.9 Å². The van der Waals surface area contributed by atoms with Crippen molar-refractivity contribution in [3.8, 4) is 23.3 Å². The van der Waals surface area contributed by atoms with Crippen molar-refractivity contribution in [2.75, 3.05) is 20.3 Å². The fourth-order valence-electron chi connectivity index (χ4n) is 23.2. The van der Waals surface area contributed by atoms with Crippen LogP contribution in [0.25, 0.3) is 0 Å². The third kappa shape index (κ3) is 36.3. The molecule has 0 saturated heterocycles. The number of hydrogen-bond donors (Lipinski definition) is 0. The van der Waals surface area contributed by atoms with E-state index in [1.807, 2.05) is 124 Å². The molecule has 0 amide bonds. The Morgan fingerprint density at radius 1 is 0.252 bits per heavy atom. The molecule has 0 aliphatic heterocycles. The van der Waals surface area contributed by atoms with E-state index >= 15 is 0 Å². The fourth-order valence-corrected chi connectivity index (χ4v) is 23.2. The Balaban J connectivity index is 0.000000199. The molecule has 4 nitrogen and oxygen atoms in total. The number of hydrogen-bond acceptors (Lipinski definition) is 4. The number of benzene rings is 7. The van der Waals surface area contributed by atoms with Crippen LogP contribution < -0.4 is 14.2 Å². The highest BCUT2D eigenvalue weighted by Gasteiger charge is 2.52. The van der Waals surface area contributed by atoms with Gasteiger partial charge in [0.25, 0.3) is 41.5 Å². The summed E-state index contributed by atoms with van der Waals surface area (Å²) >= 11 is 0. The van der Waals surface area contributed by atoms with Crippen LogP contribution in [0.1, 0.15) is 436 Å². The van der Waals surface area contributed by atoms with E-state index in [4.69, 9.17) is 19.5 Å². The van der Waals surface area contributed by atoms with Gasteiger partial charge in [-0.25, -0.2) is 61.5 Å². The summed E-state index contributed by atoms with van der Waals surface area (Å²) in [5.74, 6) is -18.7. The summed E-state index contributed by atoms with van der Waals surface area (Å²) < 4.78 is 217. The number of halogens is 14. The number of rotatable bonds is 33. The molecule has 0 heterocycles. The summed E-state index contributed by atoms with van der Waals surface area (Å²) in [7, 11) is 1.58. The van der Waals surface area contributed by atoms with Crippen LogP contribution in [0.2, 0.25) is 0 Å². The molecular weight excluding hydrogens is 1780 g/mol. The standard InChI is InChI=1S/C19H28F2.C18H26F2O.C18H26F2.C17H24F2O.C17H24F2.C16H19F2N.C16H22F2O/c1-3-5-7-15-8-11-17(12-9-15)18-13-10-16(6-4-2)14-19(18,20)21;1-3-5-14-6-11-17(18(19,20)13-14)15-7-9-16(10-8-15)21-12-4-2;1-3-5-14-7-10-16(11-8-14)17-12-9-15(6-4-2)13-18(17,19)20;1-3-5-13-6-11-16(17(18,19)12-13)14-7-9-15(10-8-14)20-4-2;1-3-5-14-8-11-16(17(18,19)12-14)15-9-6-13(4-2)7-10-15;1-2-3-12-6-9-15(16(17,18)10-12)14-7-4-13(11-19)5-8-14;1-3-4-12-5-10-15(16(17,18)11-12)13-6-8-14(19-2)9-7-13/h8-9,11-12,16,18H,3-7,10,13-14H2,1-2H3;7-10,14,17H,3-6,11-13H2,1-2H3;7-8,10-11,15,17H,3-6,9,12-13H2,1-2H3;7-10,13,16H,3-6,11-12H2,1-2H3;6-7,9-10,14,16H,3-5,8,11-12H2,1-2H3;4-5,7-8,12,15H,2-3,6,9-10H2,1H3;6-9,12,15H,3-5,10-11H2,1-2H3. The molecule has 7 aromatic carbocycles. The molecule has 14 rings (SSSR count). The molecule has 7 aliphatic rings. The molecule has 0 radical (unpaired) electrons. The zero-order valence-corrected chi connectivity index (χ0v) is 86.3. The summed E-state index contributed by atoms with van der Waals surface area (Å²) in [6, 6.07) is 53.8. The van der Waals surface area contributed by atoms with Crippen molar-refractivity contribution < 1.29 is 75.7 Å². The highest BCUT2D eigenvalue weighted by Crippen LogP contribution is 2.56. The molecule has 0 N–H and O–H groups in total. The molecule has 14 atom stereocenters. The second-order valence-electron chi connectivity index (χ2n) is 41.6. The molecule has 0 spiro atoms. The number of unbranched alkanes of at least 4 members (excludes halogenated alkanes) is 1. The van der Waals surface area contributed by atoms with Gasteiger partial charge in [-0.15, -0.1) is 0 Å². The Kier molecular flexibility index (Phi) is 48.5. The average molecular weight is 1950 g/mol. The summed E-state index contributed by atoms with van der Waals surface area (Å²) in [6.07, 6.45) is 31.9. The topological polar surface area (TPSA) is 51.5 Å². The Morgan fingerprint density at radius 3 is 0.676 bits per heavy atom. The predicted octanol–water partition coefficient (Wildman–Crippen LogP) is 39.0. The monoisotopic (exact) mass is 1950 g/mol. The van der Waals surface area contributed by atoms with Crippen LogP contribution in [0.3, 0.4) is 0 Å². The predicted molar refractivity (Wildman–Crippen MR) is 545 cm³/mol. The van der Waals surface area contributed by atoms with Gasteiger partial charge in [-0.05, 0) is 275 Å². The first-order chi connectivity index (χ1) is 66.4. The minimum absolute atomic E-state index is 0.00546. The number of alkyl halides is 14. The molecule has 0 aromatic heterocycles. The number of nitrogens with zero attached hydrogens (tertiary/aromatic N) is 1. The maximum absolute atomic E-state index is 14.4. The van der Waals surface area contributed by atoms with Crippen molar-refractivity contribution >= 4 is 0 Å². The Bertz CT molecular complexity index is 4310. The van der Waals surface area contributed by atoms with Gasteiger partial charge in [0.1, 0.15) is 17.2 Å². The van der Waals surface area contributed by atoms with E-state index < -0.39 is 82.9 Å². The third-order valence-electron chi connectivity index (χ3n) is 30.6. The van der Waals surface area contributed by atoms with Gasteiger partial charge in [0, 0.05) is 86.4 Å². The first-order valence-corrected chi connectivity index (χ1v) is 54.0. The van der Waals surface area contributed by atoms with Gasteiger partial charge >= 0.3 is 0 Å². The zero-order valence-electron chi connectivity index (χ0n) is 86.3. The van der Waals surface area contributed by atoms with Gasteiger partial charge in [-0.1, -0.05) is 300 Å². The van der Waals surface area contributed by atoms with Gasteiger partial charge in [0.15, 0.2) is 0 Å². The van der Waals surface area contributed by atoms with Gasteiger partial charge in [-0.3, -0.25) is 0 Å². The van der Waals surface area contributed by atoms with Crippen LogP contribution in [0, 0.1) is 52.8 Å². The highest BCUT2D eigenvalue weighted by molar-refractivity contribution is 5.37. The minimum atomic E-state index is -2.62. The summed E-state index contributed by atoms with van der Waals surface area (Å²) in [4.78, 5) is 0. The van der Waals surface area contributed by atoms with Crippen molar-refractivity contribution in [3.05, 3.63) is 231 Å². The van der Waals surface area contributed by atoms with Crippen LogP contribution in [-0.4, -0.2) is 61.8 Å². The van der Waals surface area contributed by atoms with Crippen LogP contribution in [-0.2, 0) is 19.3 Å². The van der Waals surface area contributed by atoms with E-state index in [0.717, 1.165) is 218 Å². The quantitative estimate of drug-likeness (QED) is 0.0385. The number of ether oxygens (including phenoxy) is 3. The Morgan fingerprint density at radius 2 is 0.475 bits per heavy atom. The van der Waals surface area contributed by atoms with Crippen LogP contribution in [0.15, 0.2) is 170 Å². The maximum Gasteiger partial charge on any atom is 0.255 e. The Hall–Kier alpha value is -7.55. The lowest BCUT2D eigenvalue weighted by Gasteiger charge is -2.36. The van der Waals surface area contributed by atoms with Gasteiger partial charge in [0.05, 0.1) is 32.0 Å². The van der Waals surface area contributed by atoms with Gasteiger partial charge < -0.3 is 14.2 Å². The number of nitriles is 1. The smallest absolute Gasteiger partial charge is 0.255 e. The van der Waals surface area contributed by atoms with Crippen molar-refractivity contribution in [2.45, 2.75) is 436 Å². The normalized spacial score (nSPS) is 25.5. The van der Waals surface area contributed by atoms with Crippen LogP contribution in [0.5, 0.6) is 17.2 Å². The first-order valence-electron chi connectivity index (χ1n) is 54.0. The van der Waals surface area contributed by atoms with E-state index in [1.165, 1.54) is 23.1 Å². The van der Waals surface area contributed by atoms with Crippen molar-refractivity contribution in [1.29, 1.82) is 5.26 Å². The number of methoxy groups -OCH3 is 1. The molecule has 7 aliphatic carbocycles. The zero-order chi connectivity index (χ0) is 101. The lowest BCUT2D eigenvalue weighted by atomic mass is 9.74. The Labute approximate surface area is 828 Å². The lowest BCUT2D eigenvalue weighted by Crippen LogP contribution is -2.34. The van der Waals surface area contributed by atoms with E-state index in [0.29, 0.717) is 75.0 Å². The van der Waals surface area contributed by atoms with Gasteiger partial charge in [0.2, 0.25) is 0 Å². The molecule has 774 valence electrons. The van der Waals surface area contributed by atoms with E-state index in [9.17, 15) is 61.5 Å². The summed E-state index contributed by atoms with van der Waals surface area (Å²) in [5, 5.41) is 8.74.